The van der Waals surface area contributed by atoms with E-state index >= 15 is 0 Å². The number of aromatic nitrogens is 1. The van der Waals surface area contributed by atoms with Crippen molar-refractivity contribution in [1.29, 1.82) is 0 Å². The minimum Gasteiger partial charge on any atom is -0.366 e. The maximum absolute atomic E-state index is 12.4. The Morgan fingerprint density at radius 1 is 1.21 bits per heavy atom. The summed E-state index contributed by atoms with van der Waals surface area (Å²) in [6.07, 6.45) is 0.570. The van der Waals surface area contributed by atoms with Crippen LogP contribution in [0.15, 0.2) is 34.5 Å². The Morgan fingerprint density at radius 2 is 1.83 bits per heavy atom. The minimum absolute atomic E-state index is 0.0273. The van der Waals surface area contributed by atoms with Gasteiger partial charge in [-0.25, -0.2) is 13.4 Å². The molecule has 10 heteroatoms. The van der Waals surface area contributed by atoms with Crippen molar-refractivity contribution in [1.82, 2.24) is 15.0 Å². The maximum atomic E-state index is 12.4. The van der Waals surface area contributed by atoms with E-state index in [1.807, 2.05) is 5.38 Å². The van der Waals surface area contributed by atoms with Crippen LogP contribution in [0.1, 0.15) is 48.8 Å². The molecule has 1 unspecified atom stereocenters. The predicted octanol–water partition coefficient (Wildman–Crippen LogP) is 1.57. The number of sulfonamides is 1. The fourth-order valence-electron chi connectivity index (χ4n) is 2.37. The van der Waals surface area contributed by atoms with Gasteiger partial charge in [-0.3, -0.25) is 9.59 Å². The molecule has 1 atom stereocenters. The zero-order valence-electron chi connectivity index (χ0n) is 16.9. The first-order valence-electron chi connectivity index (χ1n) is 9.05. The molecule has 0 spiro atoms. The molecule has 0 saturated carbocycles. The number of carbonyl (C=O) groups is 2. The zero-order chi connectivity index (χ0) is 21.8. The van der Waals surface area contributed by atoms with Gasteiger partial charge in [-0.1, -0.05) is 20.8 Å². The first kappa shape index (κ1) is 23.0. The third kappa shape index (κ3) is 6.34. The number of benzene rings is 1. The molecular formula is C19H26N4O4S2. The van der Waals surface area contributed by atoms with Gasteiger partial charge in [0.1, 0.15) is 0 Å². The number of primary amides is 1. The van der Waals surface area contributed by atoms with Gasteiger partial charge in [-0.15, -0.1) is 11.3 Å². The van der Waals surface area contributed by atoms with E-state index in [4.69, 9.17) is 5.73 Å². The summed E-state index contributed by atoms with van der Waals surface area (Å²) >= 11 is 1.54. The highest BCUT2D eigenvalue weighted by Gasteiger charge is 2.22. The van der Waals surface area contributed by atoms with E-state index in [9.17, 15) is 18.0 Å². The second kappa shape index (κ2) is 9.02. The molecule has 0 radical (unpaired) electrons. The zero-order valence-corrected chi connectivity index (χ0v) is 18.5. The number of amides is 2. The lowest BCUT2D eigenvalue weighted by atomic mass is 9.93. The Hall–Kier alpha value is -2.30. The number of carbonyl (C=O) groups excluding carboxylic acids is 2. The molecule has 2 aromatic rings. The Balaban J connectivity index is 1.89. The molecule has 1 aromatic carbocycles. The predicted molar refractivity (Wildman–Crippen MR) is 112 cm³/mol. The summed E-state index contributed by atoms with van der Waals surface area (Å²) < 4.78 is 27.1. The lowest BCUT2D eigenvalue weighted by Crippen LogP contribution is -2.45. The third-order valence-electron chi connectivity index (χ3n) is 4.13. The van der Waals surface area contributed by atoms with Gasteiger partial charge in [0.15, 0.2) is 0 Å². The van der Waals surface area contributed by atoms with Crippen LogP contribution in [-0.2, 0) is 26.7 Å². The van der Waals surface area contributed by atoms with E-state index in [-0.39, 0.29) is 15.9 Å². The Bertz CT molecular complexity index is 976. The van der Waals surface area contributed by atoms with Crippen molar-refractivity contribution in [2.24, 2.45) is 5.73 Å². The van der Waals surface area contributed by atoms with E-state index in [2.05, 4.69) is 35.8 Å². The van der Waals surface area contributed by atoms with Crippen molar-refractivity contribution in [3.05, 3.63) is 45.9 Å². The van der Waals surface area contributed by atoms with Crippen molar-refractivity contribution in [3.63, 3.8) is 0 Å². The fourth-order valence-corrected chi connectivity index (χ4v) is 4.60. The van der Waals surface area contributed by atoms with Crippen LogP contribution in [0.25, 0.3) is 0 Å². The highest BCUT2D eigenvalue weighted by molar-refractivity contribution is 7.89. The monoisotopic (exact) mass is 438 g/mol. The summed E-state index contributed by atoms with van der Waals surface area (Å²) in [7, 11) is -3.91. The number of nitrogens with two attached hydrogens (primary N) is 1. The first-order chi connectivity index (χ1) is 13.4. The molecule has 0 saturated heterocycles. The standard InChI is InChI=1S/C19H26N4O4S2/c1-12(23-29(26,27)14-7-5-13(6-8-14)17(20)24)18(25)21-10-9-16-22-15(11-28-16)19(2,3)4/h5-8,11-12,23H,9-10H2,1-4H3,(H2,20,24)(H,21,25). The van der Waals surface area contributed by atoms with Crippen molar-refractivity contribution in [2.45, 2.75) is 50.5 Å². The van der Waals surface area contributed by atoms with Crippen molar-refractivity contribution in [2.75, 3.05) is 6.54 Å². The molecule has 0 bridgehead atoms. The molecule has 29 heavy (non-hydrogen) atoms. The third-order valence-corrected chi connectivity index (χ3v) is 6.60. The number of rotatable bonds is 8. The van der Waals surface area contributed by atoms with Crippen LogP contribution in [0.2, 0.25) is 0 Å². The largest absolute Gasteiger partial charge is 0.366 e. The van der Waals surface area contributed by atoms with Gasteiger partial charge in [0.25, 0.3) is 0 Å². The molecule has 2 rings (SSSR count). The summed E-state index contributed by atoms with van der Waals surface area (Å²) in [5.41, 5.74) is 6.32. The van der Waals surface area contributed by atoms with Crippen molar-refractivity contribution < 1.29 is 18.0 Å². The lowest BCUT2D eigenvalue weighted by molar-refractivity contribution is -0.122. The fraction of sp³-hybridized carbons (Fsp3) is 0.421. The molecule has 0 aliphatic rings. The van der Waals surface area contributed by atoms with E-state index in [1.54, 1.807) is 11.3 Å². The summed E-state index contributed by atoms with van der Waals surface area (Å²) in [5.74, 6) is -1.08. The van der Waals surface area contributed by atoms with Gasteiger partial charge < -0.3 is 11.1 Å². The van der Waals surface area contributed by atoms with Gasteiger partial charge >= 0.3 is 0 Å². The summed E-state index contributed by atoms with van der Waals surface area (Å²) in [6, 6.07) is 4.21. The van der Waals surface area contributed by atoms with E-state index in [0.29, 0.717) is 13.0 Å². The van der Waals surface area contributed by atoms with E-state index in [1.165, 1.54) is 31.2 Å². The number of nitrogens with zero attached hydrogens (tertiary/aromatic N) is 1. The van der Waals surface area contributed by atoms with Crippen molar-refractivity contribution >= 4 is 33.2 Å². The Labute approximate surface area is 175 Å². The molecule has 8 nitrogen and oxygen atoms in total. The smallest absolute Gasteiger partial charge is 0.248 e. The van der Waals surface area contributed by atoms with Crippen LogP contribution in [0.5, 0.6) is 0 Å². The lowest BCUT2D eigenvalue weighted by Gasteiger charge is -2.15. The molecular weight excluding hydrogens is 412 g/mol. The highest BCUT2D eigenvalue weighted by atomic mass is 32.2. The first-order valence-corrected chi connectivity index (χ1v) is 11.4. The number of thiazole rings is 1. The summed E-state index contributed by atoms with van der Waals surface area (Å²) in [6.45, 7) is 8.08. The Kier molecular flexibility index (Phi) is 7.15. The topological polar surface area (TPSA) is 131 Å². The van der Waals surface area contributed by atoms with Crippen LogP contribution < -0.4 is 15.8 Å². The van der Waals surface area contributed by atoms with Gasteiger partial charge in [0, 0.05) is 29.3 Å². The molecule has 4 N–H and O–H groups in total. The highest BCUT2D eigenvalue weighted by Crippen LogP contribution is 2.23. The maximum Gasteiger partial charge on any atom is 0.248 e. The molecule has 0 aliphatic heterocycles. The molecule has 0 fully saturated rings. The second-order valence-corrected chi connectivity index (χ2v) is 10.3. The van der Waals surface area contributed by atoms with Crippen LogP contribution in [0.4, 0.5) is 0 Å². The number of nitrogens with one attached hydrogen (secondary N) is 2. The quantitative estimate of drug-likeness (QED) is 0.576. The van der Waals surface area contributed by atoms with Gasteiger partial charge in [-0.2, -0.15) is 4.72 Å². The van der Waals surface area contributed by atoms with Crippen LogP contribution >= 0.6 is 11.3 Å². The average Bonchev–Trinajstić information content (AvgIpc) is 3.10. The van der Waals surface area contributed by atoms with Gasteiger partial charge in [0.2, 0.25) is 21.8 Å². The summed E-state index contributed by atoms with van der Waals surface area (Å²) in [5, 5.41) is 5.64. The minimum atomic E-state index is -3.91. The summed E-state index contributed by atoms with van der Waals surface area (Å²) in [4.78, 5) is 27.8. The van der Waals surface area contributed by atoms with E-state index in [0.717, 1.165) is 10.7 Å². The normalized spacial score (nSPS) is 13.1. The molecule has 1 aromatic heterocycles. The van der Waals surface area contributed by atoms with E-state index < -0.39 is 27.9 Å². The van der Waals surface area contributed by atoms with Crippen LogP contribution in [0, 0.1) is 0 Å². The number of hydrogen-bond acceptors (Lipinski definition) is 6. The number of hydrogen-bond donors (Lipinski definition) is 3. The van der Waals surface area contributed by atoms with Gasteiger partial charge in [-0.05, 0) is 31.2 Å². The van der Waals surface area contributed by atoms with Crippen molar-refractivity contribution in [3.8, 4) is 0 Å². The average molecular weight is 439 g/mol. The van der Waals surface area contributed by atoms with Crippen LogP contribution in [-0.4, -0.2) is 37.8 Å². The Morgan fingerprint density at radius 3 is 2.34 bits per heavy atom. The molecule has 0 aliphatic carbocycles. The van der Waals surface area contributed by atoms with Gasteiger partial charge in [0.05, 0.1) is 21.6 Å². The van der Waals surface area contributed by atoms with Crippen LogP contribution in [0.3, 0.4) is 0 Å². The molecule has 2 amide bonds. The SMILES string of the molecule is CC(NS(=O)(=O)c1ccc(C(N)=O)cc1)C(=O)NCCc1nc(C(C)(C)C)cs1. The molecule has 1 heterocycles. The second-order valence-electron chi connectivity index (χ2n) is 7.65. The molecule has 158 valence electrons.